The van der Waals surface area contributed by atoms with Gasteiger partial charge in [0.25, 0.3) is 0 Å². The molecule has 2 rings (SSSR count). The van der Waals surface area contributed by atoms with E-state index in [0.717, 1.165) is 25.0 Å². The summed E-state index contributed by atoms with van der Waals surface area (Å²) in [6.45, 7) is 2.70. The zero-order valence-electron chi connectivity index (χ0n) is 11.1. The smallest absolute Gasteiger partial charge is 0.223 e. The van der Waals surface area contributed by atoms with Crippen molar-refractivity contribution in [2.24, 2.45) is 5.92 Å². The number of benzene rings is 1. The fourth-order valence-electron chi connectivity index (χ4n) is 2.09. The van der Waals surface area contributed by atoms with Crippen molar-refractivity contribution in [1.82, 2.24) is 5.32 Å². The molecular weight excluding hydrogens is 242 g/mol. The number of carbonyl (C=O) groups excluding carboxylic acids is 1. The molecule has 0 spiro atoms. The van der Waals surface area contributed by atoms with Crippen LogP contribution in [0.5, 0.6) is 5.75 Å². The third-order valence-corrected chi connectivity index (χ3v) is 3.22. The third kappa shape index (κ3) is 4.91. The number of amides is 1. The van der Waals surface area contributed by atoms with Crippen LogP contribution in [0.4, 0.5) is 0 Å². The Morgan fingerprint density at radius 3 is 2.74 bits per heavy atom. The number of hydrogen-bond donors (Lipinski definition) is 1. The SMILES string of the molecule is O=C(NCCCOc1ccccc1)C1CCOCC1. The van der Waals surface area contributed by atoms with Crippen molar-refractivity contribution in [2.75, 3.05) is 26.4 Å². The molecular formula is C15H21NO3. The Hall–Kier alpha value is -1.55. The Balaban J connectivity index is 1.55. The molecule has 1 N–H and O–H groups in total. The Labute approximate surface area is 114 Å². The lowest BCUT2D eigenvalue weighted by Gasteiger charge is -2.21. The molecule has 1 aromatic rings. The van der Waals surface area contributed by atoms with Crippen LogP contribution in [0.2, 0.25) is 0 Å². The summed E-state index contributed by atoms with van der Waals surface area (Å²) in [5.74, 6) is 1.16. The van der Waals surface area contributed by atoms with Gasteiger partial charge in [0, 0.05) is 25.7 Å². The van der Waals surface area contributed by atoms with Crippen LogP contribution >= 0.6 is 0 Å². The average molecular weight is 263 g/mol. The minimum Gasteiger partial charge on any atom is -0.494 e. The first-order valence-electron chi connectivity index (χ1n) is 6.89. The Morgan fingerprint density at radius 1 is 1.26 bits per heavy atom. The van der Waals surface area contributed by atoms with Gasteiger partial charge >= 0.3 is 0 Å². The van der Waals surface area contributed by atoms with E-state index in [1.807, 2.05) is 30.3 Å². The van der Waals surface area contributed by atoms with Crippen LogP contribution < -0.4 is 10.1 Å². The number of hydrogen-bond acceptors (Lipinski definition) is 3. The first-order chi connectivity index (χ1) is 9.36. The van der Waals surface area contributed by atoms with Crippen molar-refractivity contribution in [3.8, 4) is 5.75 Å². The van der Waals surface area contributed by atoms with Gasteiger partial charge < -0.3 is 14.8 Å². The summed E-state index contributed by atoms with van der Waals surface area (Å²) < 4.78 is 10.8. The molecule has 1 aliphatic rings. The zero-order valence-corrected chi connectivity index (χ0v) is 11.1. The average Bonchev–Trinajstić information content (AvgIpc) is 2.49. The maximum Gasteiger partial charge on any atom is 0.223 e. The van der Waals surface area contributed by atoms with Crippen LogP contribution in [0.25, 0.3) is 0 Å². The van der Waals surface area contributed by atoms with Gasteiger partial charge in [0.15, 0.2) is 0 Å². The van der Waals surface area contributed by atoms with Crippen molar-refractivity contribution < 1.29 is 14.3 Å². The predicted molar refractivity (Wildman–Crippen MR) is 73.1 cm³/mol. The molecule has 0 bridgehead atoms. The molecule has 1 heterocycles. The van der Waals surface area contributed by atoms with Gasteiger partial charge in [-0.05, 0) is 31.4 Å². The van der Waals surface area contributed by atoms with Crippen LogP contribution in [0.15, 0.2) is 30.3 Å². The van der Waals surface area contributed by atoms with Crippen LogP contribution in [0, 0.1) is 5.92 Å². The molecule has 1 aromatic carbocycles. The first-order valence-corrected chi connectivity index (χ1v) is 6.89. The van der Waals surface area contributed by atoms with E-state index in [1.54, 1.807) is 0 Å². The summed E-state index contributed by atoms with van der Waals surface area (Å²) >= 11 is 0. The fraction of sp³-hybridized carbons (Fsp3) is 0.533. The first kappa shape index (κ1) is 13.9. The summed E-state index contributed by atoms with van der Waals surface area (Å²) in [7, 11) is 0. The van der Waals surface area contributed by atoms with E-state index >= 15 is 0 Å². The normalized spacial score (nSPS) is 16.0. The van der Waals surface area contributed by atoms with Gasteiger partial charge in [-0.15, -0.1) is 0 Å². The van der Waals surface area contributed by atoms with E-state index in [9.17, 15) is 4.79 Å². The van der Waals surface area contributed by atoms with E-state index in [-0.39, 0.29) is 11.8 Å². The van der Waals surface area contributed by atoms with Crippen LogP contribution in [-0.4, -0.2) is 32.3 Å². The topological polar surface area (TPSA) is 47.6 Å². The molecule has 104 valence electrons. The van der Waals surface area contributed by atoms with Gasteiger partial charge in [-0.2, -0.15) is 0 Å². The van der Waals surface area contributed by atoms with E-state index < -0.39 is 0 Å². The van der Waals surface area contributed by atoms with Crippen LogP contribution in [-0.2, 0) is 9.53 Å². The summed E-state index contributed by atoms with van der Waals surface area (Å²) in [6.07, 6.45) is 2.50. The molecule has 0 unspecified atom stereocenters. The number of rotatable bonds is 6. The minimum atomic E-state index is 0.129. The van der Waals surface area contributed by atoms with Gasteiger partial charge in [0.1, 0.15) is 5.75 Å². The van der Waals surface area contributed by atoms with Crippen molar-refractivity contribution in [3.63, 3.8) is 0 Å². The molecule has 1 aliphatic heterocycles. The monoisotopic (exact) mass is 263 g/mol. The van der Waals surface area contributed by atoms with E-state index in [0.29, 0.717) is 26.4 Å². The van der Waals surface area contributed by atoms with Crippen LogP contribution in [0.1, 0.15) is 19.3 Å². The van der Waals surface area contributed by atoms with Gasteiger partial charge in [-0.1, -0.05) is 18.2 Å². The summed E-state index contributed by atoms with van der Waals surface area (Å²) in [5, 5.41) is 2.96. The van der Waals surface area contributed by atoms with Gasteiger partial charge in [0.05, 0.1) is 6.61 Å². The van der Waals surface area contributed by atoms with Gasteiger partial charge in [-0.25, -0.2) is 0 Å². The Kier molecular flexibility index (Phi) is 5.69. The molecule has 0 radical (unpaired) electrons. The van der Waals surface area contributed by atoms with E-state index in [2.05, 4.69) is 5.32 Å². The second kappa shape index (κ2) is 7.79. The lowest BCUT2D eigenvalue weighted by atomic mass is 9.99. The molecule has 1 saturated heterocycles. The standard InChI is InChI=1S/C15H21NO3/c17-15(13-7-11-18-12-8-13)16-9-4-10-19-14-5-2-1-3-6-14/h1-3,5-6,13H,4,7-12H2,(H,16,17). The number of ether oxygens (including phenoxy) is 2. The lowest BCUT2D eigenvalue weighted by molar-refractivity contribution is -0.127. The molecule has 0 aromatic heterocycles. The number of nitrogens with one attached hydrogen (secondary N) is 1. The fourth-order valence-corrected chi connectivity index (χ4v) is 2.09. The lowest BCUT2D eigenvalue weighted by Crippen LogP contribution is -2.35. The largest absolute Gasteiger partial charge is 0.494 e. The Bertz CT molecular complexity index is 374. The van der Waals surface area contributed by atoms with Gasteiger partial charge in [0.2, 0.25) is 5.91 Å². The molecule has 4 nitrogen and oxygen atoms in total. The highest BCUT2D eigenvalue weighted by atomic mass is 16.5. The molecule has 0 aliphatic carbocycles. The molecule has 0 saturated carbocycles. The molecule has 0 atom stereocenters. The van der Waals surface area contributed by atoms with Crippen molar-refractivity contribution in [1.29, 1.82) is 0 Å². The highest BCUT2D eigenvalue weighted by Gasteiger charge is 2.20. The summed E-state index contributed by atoms with van der Waals surface area (Å²) in [4.78, 5) is 11.8. The maximum absolute atomic E-state index is 11.8. The highest BCUT2D eigenvalue weighted by Crippen LogP contribution is 2.14. The van der Waals surface area contributed by atoms with Crippen molar-refractivity contribution in [3.05, 3.63) is 30.3 Å². The highest BCUT2D eigenvalue weighted by molar-refractivity contribution is 5.78. The second-order valence-electron chi connectivity index (χ2n) is 4.69. The number of carbonyl (C=O) groups is 1. The van der Waals surface area contributed by atoms with Gasteiger partial charge in [-0.3, -0.25) is 4.79 Å². The van der Waals surface area contributed by atoms with E-state index in [1.165, 1.54) is 0 Å². The van der Waals surface area contributed by atoms with Crippen molar-refractivity contribution >= 4 is 5.91 Å². The molecule has 19 heavy (non-hydrogen) atoms. The number of para-hydroxylation sites is 1. The van der Waals surface area contributed by atoms with Crippen molar-refractivity contribution in [2.45, 2.75) is 19.3 Å². The molecule has 1 fully saturated rings. The Morgan fingerprint density at radius 2 is 2.00 bits per heavy atom. The molecule has 4 heteroatoms. The van der Waals surface area contributed by atoms with E-state index in [4.69, 9.17) is 9.47 Å². The third-order valence-electron chi connectivity index (χ3n) is 3.22. The quantitative estimate of drug-likeness (QED) is 0.799. The minimum absolute atomic E-state index is 0.129. The summed E-state index contributed by atoms with van der Waals surface area (Å²) in [5.41, 5.74) is 0. The maximum atomic E-state index is 11.8. The summed E-state index contributed by atoms with van der Waals surface area (Å²) in [6, 6.07) is 9.71. The van der Waals surface area contributed by atoms with Crippen LogP contribution in [0.3, 0.4) is 0 Å². The molecule has 1 amide bonds. The zero-order chi connectivity index (χ0) is 13.3. The second-order valence-corrected chi connectivity index (χ2v) is 4.69. The predicted octanol–water partition coefficient (Wildman–Crippen LogP) is 2.00.